The normalized spacial score (nSPS) is 11.9. The van der Waals surface area contributed by atoms with E-state index in [4.69, 9.17) is 0 Å². The molecule has 0 aliphatic heterocycles. The van der Waals surface area contributed by atoms with E-state index in [9.17, 15) is 14.7 Å². The van der Waals surface area contributed by atoms with Crippen molar-refractivity contribution in [3.63, 3.8) is 0 Å². The summed E-state index contributed by atoms with van der Waals surface area (Å²) in [4.78, 5) is 22.0. The van der Waals surface area contributed by atoms with E-state index in [-0.39, 0.29) is 24.4 Å². The van der Waals surface area contributed by atoms with E-state index in [1.54, 1.807) is 13.8 Å². The summed E-state index contributed by atoms with van der Waals surface area (Å²) in [5.74, 6) is -1.69. The SMILES string of the molecule is CCOC(=O)C(O)=C(C)C(=O)CC. The smallest absolute Gasteiger partial charge is 0.373 e. The van der Waals surface area contributed by atoms with Gasteiger partial charge in [0, 0.05) is 12.0 Å². The molecule has 4 nitrogen and oxygen atoms in total. The number of esters is 1. The third kappa shape index (κ3) is 3.27. The number of ketones is 1. The monoisotopic (exact) mass is 186 g/mol. The summed E-state index contributed by atoms with van der Waals surface area (Å²) in [6.45, 7) is 4.86. The molecule has 0 spiro atoms. The predicted octanol–water partition coefficient (Wildman–Crippen LogP) is 1.36. The molecule has 74 valence electrons. The molecule has 0 amide bonds. The molecule has 0 heterocycles. The number of carbonyl (C=O) groups is 2. The van der Waals surface area contributed by atoms with Crippen molar-refractivity contribution in [3.05, 3.63) is 11.3 Å². The van der Waals surface area contributed by atoms with Gasteiger partial charge in [-0.15, -0.1) is 0 Å². The van der Waals surface area contributed by atoms with Crippen LogP contribution in [-0.2, 0) is 14.3 Å². The number of hydrogen-bond acceptors (Lipinski definition) is 4. The molecule has 0 aromatic heterocycles. The van der Waals surface area contributed by atoms with Crippen molar-refractivity contribution < 1.29 is 19.4 Å². The highest BCUT2D eigenvalue weighted by Crippen LogP contribution is 2.06. The molecule has 0 atom stereocenters. The fraction of sp³-hybridized carbons (Fsp3) is 0.556. The zero-order chi connectivity index (χ0) is 10.4. The number of Topliss-reactive ketones (excluding diaryl/α,β-unsaturated/α-hetero) is 1. The van der Waals surface area contributed by atoms with E-state index >= 15 is 0 Å². The maximum absolute atomic E-state index is 11.0. The van der Waals surface area contributed by atoms with Crippen LogP contribution < -0.4 is 0 Å². The van der Waals surface area contributed by atoms with E-state index < -0.39 is 11.7 Å². The van der Waals surface area contributed by atoms with Gasteiger partial charge in [-0.1, -0.05) is 6.92 Å². The molecular formula is C9H14O4. The van der Waals surface area contributed by atoms with E-state index in [1.807, 2.05) is 0 Å². The minimum absolute atomic E-state index is 0.0564. The lowest BCUT2D eigenvalue weighted by atomic mass is 10.1. The van der Waals surface area contributed by atoms with Gasteiger partial charge in [0.05, 0.1) is 6.61 Å². The molecule has 0 aliphatic carbocycles. The van der Waals surface area contributed by atoms with Crippen LogP contribution in [0, 0.1) is 0 Å². The molecule has 0 aliphatic rings. The number of aliphatic hydroxyl groups is 1. The van der Waals surface area contributed by atoms with Gasteiger partial charge in [-0.25, -0.2) is 4.79 Å². The average Bonchev–Trinajstić information content (AvgIpc) is 2.14. The van der Waals surface area contributed by atoms with Gasteiger partial charge in [-0.3, -0.25) is 4.79 Å². The Balaban J connectivity index is 4.60. The van der Waals surface area contributed by atoms with Gasteiger partial charge >= 0.3 is 5.97 Å². The van der Waals surface area contributed by atoms with E-state index in [0.29, 0.717) is 0 Å². The Kier molecular flexibility index (Phi) is 4.80. The molecule has 0 aromatic rings. The van der Waals surface area contributed by atoms with Crippen LogP contribution in [0.2, 0.25) is 0 Å². The summed E-state index contributed by atoms with van der Waals surface area (Å²) in [7, 11) is 0. The van der Waals surface area contributed by atoms with Gasteiger partial charge in [-0.05, 0) is 13.8 Å². The number of ether oxygens (including phenoxy) is 1. The summed E-state index contributed by atoms with van der Waals surface area (Å²) >= 11 is 0. The first-order valence-electron chi connectivity index (χ1n) is 4.14. The highest BCUT2D eigenvalue weighted by molar-refractivity contribution is 6.01. The molecular weight excluding hydrogens is 172 g/mol. The first-order chi connectivity index (χ1) is 6.04. The first-order valence-corrected chi connectivity index (χ1v) is 4.14. The van der Waals surface area contributed by atoms with Crippen LogP contribution >= 0.6 is 0 Å². The van der Waals surface area contributed by atoms with Gasteiger partial charge in [0.1, 0.15) is 0 Å². The van der Waals surface area contributed by atoms with Crippen LogP contribution in [0.15, 0.2) is 11.3 Å². The number of hydrogen-bond donors (Lipinski definition) is 1. The molecule has 1 N–H and O–H groups in total. The van der Waals surface area contributed by atoms with E-state index in [0.717, 1.165) is 0 Å². The molecule has 0 fully saturated rings. The highest BCUT2D eigenvalue weighted by atomic mass is 16.5. The Labute approximate surface area is 77.2 Å². The van der Waals surface area contributed by atoms with E-state index in [2.05, 4.69) is 4.74 Å². The van der Waals surface area contributed by atoms with Gasteiger partial charge in [0.2, 0.25) is 5.76 Å². The Morgan fingerprint density at radius 2 is 1.85 bits per heavy atom. The molecule has 0 unspecified atom stereocenters. The van der Waals surface area contributed by atoms with Crippen molar-refractivity contribution in [1.29, 1.82) is 0 Å². The fourth-order valence-corrected chi connectivity index (χ4v) is 0.750. The number of carbonyl (C=O) groups excluding carboxylic acids is 2. The van der Waals surface area contributed by atoms with Gasteiger partial charge in [-0.2, -0.15) is 0 Å². The summed E-state index contributed by atoms with van der Waals surface area (Å²) < 4.78 is 4.52. The number of aliphatic hydroxyl groups excluding tert-OH is 1. The summed E-state index contributed by atoms with van der Waals surface area (Å²) in [6.07, 6.45) is 0.259. The van der Waals surface area contributed by atoms with Crippen LogP contribution in [0.3, 0.4) is 0 Å². The minimum Gasteiger partial charge on any atom is -0.502 e. The van der Waals surface area contributed by atoms with Gasteiger partial charge in [0.25, 0.3) is 0 Å². The number of rotatable bonds is 4. The second kappa shape index (κ2) is 5.35. The highest BCUT2D eigenvalue weighted by Gasteiger charge is 2.15. The third-order valence-corrected chi connectivity index (χ3v) is 1.56. The second-order valence-corrected chi connectivity index (χ2v) is 2.47. The topological polar surface area (TPSA) is 63.6 Å². The predicted molar refractivity (Wildman–Crippen MR) is 47.3 cm³/mol. The molecule has 0 aromatic carbocycles. The average molecular weight is 186 g/mol. The molecule has 13 heavy (non-hydrogen) atoms. The van der Waals surface area contributed by atoms with Crippen molar-refractivity contribution in [1.82, 2.24) is 0 Å². The zero-order valence-corrected chi connectivity index (χ0v) is 8.09. The van der Waals surface area contributed by atoms with Crippen molar-refractivity contribution in [2.24, 2.45) is 0 Å². The maximum atomic E-state index is 11.0. The van der Waals surface area contributed by atoms with Gasteiger partial charge < -0.3 is 9.84 Å². The van der Waals surface area contributed by atoms with Crippen molar-refractivity contribution in [2.45, 2.75) is 27.2 Å². The molecule has 0 saturated carbocycles. The molecule has 0 rings (SSSR count). The lowest BCUT2D eigenvalue weighted by Gasteiger charge is -2.03. The van der Waals surface area contributed by atoms with Crippen LogP contribution in [0.1, 0.15) is 27.2 Å². The van der Waals surface area contributed by atoms with Crippen molar-refractivity contribution in [3.8, 4) is 0 Å². The molecule has 0 radical (unpaired) electrons. The maximum Gasteiger partial charge on any atom is 0.373 e. The first kappa shape index (κ1) is 11.7. The van der Waals surface area contributed by atoms with Crippen molar-refractivity contribution in [2.75, 3.05) is 6.61 Å². The lowest BCUT2D eigenvalue weighted by molar-refractivity contribution is -0.142. The Hall–Kier alpha value is -1.32. The Morgan fingerprint density at radius 3 is 2.23 bits per heavy atom. The summed E-state index contributed by atoms with van der Waals surface area (Å²) in [6, 6.07) is 0. The van der Waals surface area contributed by atoms with Crippen LogP contribution in [0.25, 0.3) is 0 Å². The summed E-state index contributed by atoms with van der Waals surface area (Å²) in [5.41, 5.74) is 0.0564. The van der Waals surface area contributed by atoms with Crippen LogP contribution in [0.5, 0.6) is 0 Å². The zero-order valence-electron chi connectivity index (χ0n) is 8.09. The standard InChI is InChI=1S/C9H14O4/c1-4-7(10)6(3)8(11)9(12)13-5-2/h11H,4-5H2,1-3H3. The lowest BCUT2D eigenvalue weighted by Crippen LogP contribution is -2.12. The largest absolute Gasteiger partial charge is 0.502 e. The minimum atomic E-state index is -0.846. The Bertz CT molecular complexity index is 240. The molecule has 4 heteroatoms. The summed E-state index contributed by atoms with van der Waals surface area (Å²) in [5, 5.41) is 9.20. The quantitative estimate of drug-likeness (QED) is 0.409. The molecule has 0 bridgehead atoms. The number of allylic oxidation sites excluding steroid dienone is 1. The van der Waals surface area contributed by atoms with E-state index in [1.165, 1.54) is 6.92 Å². The van der Waals surface area contributed by atoms with Crippen LogP contribution in [-0.4, -0.2) is 23.5 Å². The Morgan fingerprint density at radius 1 is 1.31 bits per heavy atom. The third-order valence-electron chi connectivity index (χ3n) is 1.56. The second-order valence-electron chi connectivity index (χ2n) is 2.47. The fourth-order valence-electron chi connectivity index (χ4n) is 0.750. The molecule has 0 saturated heterocycles. The van der Waals surface area contributed by atoms with Crippen molar-refractivity contribution >= 4 is 11.8 Å². The van der Waals surface area contributed by atoms with Gasteiger partial charge in [0.15, 0.2) is 5.78 Å². The van der Waals surface area contributed by atoms with Crippen LogP contribution in [0.4, 0.5) is 0 Å².